The maximum Gasteiger partial charge on any atom is 0.224 e. The molecule has 9 nitrogen and oxygen atoms in total. The number of rotatable bonds is 5. The molecule has 0 aliphatic rings. The van der Waals surface area contributed by atoms with Crippen LogP contribution in [0.5, 0.6) is 0 Å². The number of hydrogen-bond donors (Lipinski definition) is 3. The highest BCUT2D eigenvalue weighted by Crippen LogP contribution is 2.34. The molecule has 0 radical (unpaired) electrons. The van der Waals surface area contributed by atoms with Gasteiger partial charge < -0.3 is 14.7 Å². The number of H-pyrrole nitrogens is 2. The van der Waals surface area contributed by atoms with Crippen LogP contribution < -0.4 is 5.32 Å². The standard InChI is InChI=1S/C25H19N7O2/c1-2-23(33)29-16-7-15(10-26-11-16)20-9-19-22(12-28-20)31-32-24(19)21-8-18-17(14-4-6-34-13-14)3-5-27-25(18)30-21/h3-13H,2H2,1H3,(H,27,30)(H,29,33)(H,31,32). The molecule has 0 spiro atoms. The molecule has 6 heterocycles. The van der Waals surface area contributed by atoms with Crippen LogP contribution in [-0.4, -0.2) is 36.0 Å². The lowest BCUT2D eigenvalue weighted by atomic mass is 10.1. The zero-order valence-electron chi connectivity index (χ0n) is 18.2. The Morgan fingerprint density at radius 2 is 2.00 bits per heavy atom. The van der Waals surface area contributed by atoms with Gasteiger partial charge in [-0.3, -0.25) is 19.9 Å². The van der Waals surface area contributed by atoms with E-state index in [9.17, 15) is 4.79 Å². The van der Waals surface area contributed by atoms with E-state index in [1.54, 1.807) is 44.2 Å². The molecule has 3 N–H and O–H groups in total. The van der Waals surface area contributed by atoms with Gasteiger partial charge in [0.05, 0.1) is 47.5 Å². The van der Waals surface area contributed by atoms with Crippen LogP contribution in [0, 0.1) is 0 Å². The number of fused-ring (bicyclic) bond motifs is 2. The van der Waals surface area contributed by atoms with Crippen LogP contribution in [-0.2, 0) is 4.79 Å². The number of nitrogens with zero attached hydrogens (tertiary/aromatic N) is 4. The lowest BCUT2D eigenvalue weighted by Crippen LogP contribution is -2.09. The topological polar surface area (TPSA) is 125 Å². The highest BCUT2D eigenvalue weighted by atomic mass is 16.3. The molecule has 6 rings (SSSR count). The Hall–Kier alpha value is -4.79. The molecular weight excluding hydrogens is 430 g/mol. The second kappa shape index (κ2) is 7.96. The minimum absolute atomic E-state index is 0.0679. The zero-order valence-corrected chi connectivity index (χ0v) is 18.2. The summed E-state index contributed by atoms with van der Waals surface area (Å²) in [6, 6.07) is 9.76. The van der Waals surface area contributed by atoms with E-state index in [2.05, 4.69) is 35.5 Å². The third kappa shape index (κ3) is 3.39. The summed E-state index contributed by atoms with van der Waals surface area (Å²) in [6.07, 6.45) is 10.6. The monoisotopic (exact) mass is 449 g/mol. The van der Waals surface area contributed by atoms with Gasteiger partial charge >= 0.3 is 0 Å². The first-order valence-corrected chi connectivity index (χ1v) is 10.8. The molecule has 1 amide bonds. The second-order valence-electron chi connectivity index (χ2n) is 7.87. The van der Waals surface area contributed by atoms with E-state index in [1.807, 2.05) is 30.3 Å². The number of pyridine rings is 3. The van der Waals surface area contributed by atoms with Crippen LogP contribution in [0.15, 0.2) is 72.1 Å². The average Bonchev–Trinajstić information content (AvgIpc) is 3.62. The fraction of sp³-hybridized carbons (Fsp3) is 0.0800. The Morgan fingerprint density at radius 3 is 2.85 bits per heavy atom. The van der Waals surface area contributed by atoms with E-state index in [1.165, 1.54) is 0 Å². The number of amides is 1. The van der Waals surface area contributed by atoms with Crippen molar-refractivity contribution in [2.75, 3.05) is 5.32 Å². The van der Waals surface area contributed by atoms with E-state index < -0.39 is 0 Å². The Morgan fingerprint density at radius 1 is 1.06 bits per heavy atom. The van der Waals surface area contributed by atoms with E-state index in [4.69, 9.17) is 4.42 Å². The fourth-order valence-electron chi connectivity index (χ4n) is 4.00. The van der Waals surface area contributed by atoms with Gasteiger partial charge in [-0.25, -0.2) is 4.98 Å². The van der Waals surface area contributed by atoms with Gasteiger partial charge in [-0.15, -0.1) is 0 Å². The van der Waals surface area contributed by atoms with Gasteiger partial charge in [-0.1, -0.05) is 6.92 Å². The van der Waals surface area contributed by atoms with Crippen LogP contribution >= 0.6 is 0 Å². The van der Waals surface area contributed by atoms with Crippen molar-refractivity contribution in [2.24, 2.45) is 0 Å². The molecule has 0 atom stereocenters. The number of anilines is 1. The lowest BCUT2D eigenvalue weighted by molar-refractivity contribution is -0.115. The SMILES string of the molecule is CCC(=O)Nc1cncc(-c2cc3c(-c4cc5c(-c6ccoc6)ccnc5[nH]4)n[nH]c3cn2)c1. The minimum Gasteiger partial charge on any atom is -0.472 e. The molecule has 0 unspecified atom stereocenters. The molecular formula is C25H19N7O2. The summed E-state index contributed by atoms with van der Waals surface area (Å²) in [7, 11) is 0. The van der Waals surface area contributed by atoms with Crippen molar-refractivity contribution >= 4 is 33.5 Å². The minimum atomic E-state index is -0.0679. The number of furan rings is 1. The summed E-state index contributed by atoms with van der Waals surface area (Å²) in [5.41, 5.74) is 7.34. The van der Waals surface area contributed by atoms with Gasteiger partial charge in [0.15, 0.2) is 0 Å². The van der Waals surface area contributed by atoms with E-state index in [-0.39, 0.29) is 5.91 Å². The van der Waals surface area contributed by atoms with E-state index in [0.29, 0.717) is 12.1 Å². The number of carbonyl (C=O) groups is 1. The number of aromatic nitrogens is 6. The van der Waals surface area contributed by atoms with Gasteiger partial charge in [0.1, 0.15) is 11.3 Å². The van der Waals surface area contributed by atoms with Crippen molar-refractivity contribution in [1.82, 2.24) is 30.1 Å². The summed E-state index contributed by atoms with van der Waals surface area (Å²) in [4.78, 5) is 28.5. The third-order valence-electron chi connectivity index (χ3n) is 5.71. The molecule has 0 saturated heterocycles. The lowest BCUT2D eigenvalue weighted by Gasteiger charge is -2.06. The van der Waals surface area contributed by atoms with Crippen molar-refractivity contribution in [3.8, 4) is 33.8 Å². The van der Waals surface area contributed by atoms with Crippen molar-refractivity contribution in [3.05, 3.63) is 67.6 Å². The number of carbonyl (C=O) groups excluding carboxylic acids is 1. The number of nitrogens with one attached hydrogen (secondary N) is 3. The highest BCUT2D eigenvalue weighted by molar-refractivity contribution is 6.00. The molecule has 34 heavy (non-hydrogen) atoms. The van der Waals surface area contributed by atoms with Crippen LogP contribution in [0.4, 0.5) is 5.69 Å². The number of aromatic amines is 2. The molecule has 0 aromatic carbocycles. The van der Waals surface area contributed by atoms with Crippen molar-refractivity contribution < 1.29 is 9.21 Å². The first kappa shape index (κ1) is 19.9. The Bertz CT molecular complexity index is 1650. The second-order valence-corrected chi connectivity index (χ2v) is 7.87. The smallest absolute Gasteiger partial charge is 0.224 e. The maximum absolute atomic E-state index is 11.8. The van der Waals surface area contributed by atoms with E-state index >= 15 is 0 Å². The summed E-state index contributed by atoms with van der Waals surface area (Å²) in [5.74, 6) is -0.0679. The highest BCUT2D eigenvalue weighted by Gasteiger charge is 2.16. The molecule has 0 fully saturated rings. The van der Waals surface area contributed by atoms with Gasteiger partial charge in [-0.05, 0) is 35.9 Å². The maximum atomic E-state index is 11.8. The molecule has 6 aromatic heterocycles. The first-order valence-electron chi connectivity index (χ1n) is 10.8. The van der Waals surface area contributed by atoms with Crippen LogP contribution in [0.2, 0.25) is 0 Å². The van der Waals surface area contributed by atoms with Crippen molar-refractivity contribution in [3.63, 3.8) is 0 Å². The predicted octanol–water partition coefficient (Wildman–Crippen LogP) is 5.17. The molecule has 166 valence electrons. The summed E-state index contributed by atoms with van der Waals surface area (Å²) < 4.78 is 5.26. The fourth-order valence-corrected chi connectivity index (χ4v) is 4.00. The van der Waals surface area contributed by atoms with Gasteiger partial charge in [0.25, 0.3) is 0 Å². The van der Waals surface area contributed by atoms with Crippen molar-refractivity contribution in [2.45, 2.75) is 13.3 Å². The molecule has 0 aliphatic heterocycles. The number of hydrogen-bond acceptors (Lipinski definition) is 6. The summed E-state index contributed by atoms with van der Waals surface area (Å²) in [6.45, 7) is 1.81. The molecule has 0 bridgehead atoms. The largest absolute Gasteiger partial charge is 0.472 e. The molecule has 6 aromatic rings. The van der Waals surface area contributed by atoms with Crippen LogP contribution in [0.1, 0.15) is 13.3 Å². The first-order chi connectivity index (χ1) is 16.7. The molecule has 0 aliphatic carbocycles. The Kier molecular flexibility index (Phi) is 4.65. The van der Waals surface area contributed by atoms with Crippen LogP contribution in [0.25, 0.3) is 55.7 Å². The normalized spacial score (nSPS) is 11.3. The Labute approximate surface area is 193 Å². The summed E-state index contributed by atoms with van der Waals surface area (Å²) in [5, 5.41) is 12.3. The summed E-state index contributed by atoms with van der Waals surface area (Å²) >= 11 is 0. The predicted molar refractivity (Wildman–Crippen MR) is 129 cm³/mol. The van der Waals surface area contributed by atoms with Gasteiger partial charge in [0, 0.05) is 40.7 Å². The van der Waals surface area contributed by atoms with Gasteiger partial charge in [0.2, 0.25) is 5.91 Å². The van der Waals surface area contributed by atoms with E-state index in [0.717, 1.165) is 55.7 Å². The molecule has 0 saturated carbocycles. The molecule has 9 heteroatoms. The van der Waals surface area contributed by atoms with Crippen molar-refractivity contribution in [1.29, 1.82) is 0 Å². The van der Waals surface area contributed by atoms with Crippen LogP contribution in [0.3, 0.4) is 0 Å². The Balaban J connectivity index is 1.43. The third-order valence-corrected chi connectivity index (χ3v) is 5.71. The quantitative estimate of drug-likeness (QED) is 0.333. The van der Waals surface area contributed by atoms with Gasteiger partial charge in [-0.2, -0.15) is 5.10 Å². The average molecular weight is 449 g/mol. The zero-order chi connectivity index (χ0) is 23.1.